The Kier molecular flexibility index (Phi) is 4.88. The van der Waals surface area contributed by atoms with Crippen LogP contribution in [0.25, 0.3) is 0 Å². The van der Waals surface area contributed by atoms with Crippen LogP contribution in [0.4, 0.5) is 11.4 Å². The van der Waals surface area contributed by atoms with Crippen LogP contribution in [0.15, 0.2) is 47.4 Å². The van der Waals surface area contributed by atoms with Crippen LogP contribution in [0.5, 0.6) is 5.75 Å². The molecule has 9 heteroatoms. The van der Waals surface area contributed by atoms with Gasteiger partial charge in [-0.2, -0.15) is 0 Å². The van der Waals surface area contributed by atoms with Crippen molar-refractivity contribution >= 4 is 44.8 Å². The highest BCUT2D eigenvalue weighted by atomic mass is 35.5. The van der Waals surface area contributed by atoms with E-state index in [0.29, 0.717) is 10.7 Å². The fourth-order valence-electron chi connectivity index (χ4n) is 2.61. The van der Waals surface area contributed by atoms with Crippen molar-refractivity contribution in [2.75, 3.05) is 16.7 Å². The zero-order valence-electron chi connectivity index (χ0n) is 13.7. The number of sulfonamides is 1. The quantitative estimate of drug-likeness (QED) is 0.787. The molecule has 2 aromatic rings. The van der Waals surface area contributed by atoms with Gasteiger partial charge in [0.25, 0.3) is 10.0 Å². The molecule has 1 N–H and O–H groups in total. The van der Waals surface area contributed by atoms with E-state index < -0.39 is 10.0 Å². The largest absolute Gasteiger partial charge is 0.495 e. The number of carbonyl (C=O) groups is 2. The van der Waals surface area contributed by atoms with Gasteiger partial charge in [0.05, 0.1) is 12.8 Å². The first-order valence-corrected chi connectivity index (χ1v) is 9.50. The lowest BCUT2D eigenvalue weighted by Crippen LogP contribution is -2.28. The number of anilines is 2. The SMILES string of the molecule is COc1ccc(N2C(=O)CCC2=O)cc1S(=O)(=O)Nc1ccc(Cl)cc1. The van der Waals surface area contributed by atoms with Crippen molar-refractivity contribution in [3.8, 4) is 5.75 Å². The molecule has 0 unspecified atom stereocenters. The number of carbonyl (C=O) groups excluding carboxylic acids is 2. The minimum Gasteiger partial charge on any atom is -0.495 e. The van der Waals surface area contributed by atoms with Crippen LogP contribution in [-0.4, -0.2) is 27.3 Å². The molecule has 1 aliphatic rings. The molecule has 0 atom stereocenters. The van der Waals surface area contributed by atoms with Gasteiger partial charge in [0, 0.05) is 23.6 Å². The predicted octanol–water partition coefficient (Wildman–Crippen LogP) is 2.80. The third-order valence-corrected chi connectivity index (χ3v) is 5.50. The minimum atomic E-state index is -4.02. The summed E-state index contributed by atoms with van der Waals surface area (Å²) in [6.45, 7) is 0. The first kappa shape index (κ1) is 18.2. The molecule has 1 aliphatic heterocycles. The monoisotopic (exact) mass is 394 g/mol. The number of nitrogens with one attached hydrogen (secondary N) is 1. The molecule has 7 nitrogen and oxygen atoms in total. The Bertz CT molecular complexity index is 957. The third kappa shape index (κ3) is 3.51. The summed E-state index contributed by atoms with van der Waals surface area (Å²) in [5, 5.41) is 0.471. The molecular formula is C17H15ClN2O5S. The van der Waals surface area contributed by atoms with E-state index in [4.69, 9.17) is 16.3 Å². The van der Waals surface area contributed by atoms with Gasteiger partial charge < -0.3 is 4.74 Å². The number of methoxy groups -OCH3 is 1. The van der Waals surface area contributed by atoms with E-state index in [-0.39, 0.29) is 41.0 Å². The first-order valence-electron chi connectivity index (χ1n) is 7.64. The molecule has 1 saturated heterocycles. The number of benzene rings is 2. The van der Waals surface area contributed by atoms with Gasteiger partial charge in [0.2, 0.25) is 11.8 Å². The van der Waals surface area contributed by atoms with E-state index in [1.807, 2.05) is 0 Å². The van der Waals surface area contributed by atoms with Crippen molar-refractivity contribution in [2.24, 2.45) is 0 Å². The topological polar surface area (TPSA) is 92.8 Å². The van der Waals surface area contributed by atoms with Crippen LogP contribution in [0.3, 0.4) is 0 Å². The van der Waals surface area contributed by atoms with Crippen LogP contribution < -0.4 is 14.4 Å². The third-order valence-electron chi connectivity index (χ3n) is 3.84. The summed E-state index contributed by atoms with van der Waals surface area (Å²) in [6, 6.07) is 10.3. The Hall–Kier alpha value is -2.58. The summed E-state index contributed by atoms with van der Waals surface area (Å²) >= 11 is 5.80. The van der Waals surface area contributed by atoms with Crippen LogP contribution in [0.1, 0.15) is 12.8 Å². The number of imide groups is 1. The highest BCUT2D eigenvalue weighted by Gasteiger charge is 2.32. The average molecular weight is 395 g/mol. The number of ether oxygens (including phenoxy) is 1. The molecule has 0 aromatic heterocycles. The molecule has 26 heavy (non-hydrogen) atoms. The Labute approximate surface area is 155 Å². The highest BCUT2D eigenvalue weighted by Crippen LogP contribution is 2.32. The van der Waals surface area contributed by atoms with Gasteiger partial charge in [0.1, 0.15) is 10.6 Å². The second-order valence-corrected chi connectivity index (χ2v) is 7.66. The molecule has 136 valence electrons. The molecule has 0 bridgehead atoms. The number of nitrogens with zero attached hydrogens (tertiary/aromatic N) is 1. The van der Waals surface area contributed by atoms with Crippen molar-refractivity contribution in [3.63, 3.8) is 0 Å². The molecule has 0 saturated carbocycles. The van der Waals surface area contributed by atoms with E-state index in [1.54, 1.807) is 12.1 Å². The van der Waals surface area contributed by atoms with Gasteiger partial charge in [-0.05, 0) is 42.5 Å². The summed E-state index contributed by atoms with van der Waals surface area (Å²) < 4.78 is 33.1. The fraction of sp³-hybridized carbons (Fsp3) is 0.176. The number of hydrogen-bond donors (Lipinski definition) is 1. The molecule has 0 spiro atoms. The Morgan fingerprint density at radius 2 is 1.65 bits per heavy atom. The van der Waals surface area contributed by atoms with Gasteiger partial charge in [-0.1, -0.05) is 11.6 Å². The van der Waals surface area contributed by atoms with E-state index >= 15 is 0 Å². The smallest absolute Gasteiger partial charge is 0.265 e. The molecule has 2 amide bonds. The minimum absolute atomic E-state index is 0.0920. The number of hydrogen-bond acceptors (Lipinski definition) is 5. The normalized spacial score (nSPS) is 14.6. The molecule has 0 aliphatic carbocycles. The van der Waals surface area contributed by atoms with Crippen LogP contribution >= 0.6 is 11.6 Å². The van der Waals surface area contributed by atoms with Crippen molar-refractivity contribution in [1.29, 1.82) is 0 Å². The summed E-state index contributed by atoms with van der Waals surface area (Å²) in [6.07, 6.45) is 0.214. The molecule has 1 fully saturated rings. The summed E-state index contributed by atoms with van der Waals surface area (Å²) in [5.74, 6) is -0.641. The van der Waals surface area contributed by atoms with Crippen LogP contribution in [0, 0.1) is 0 Å². The molecule has 2 aromatic carbocycles. The van der Waals surface area contributed by atoms with Gasteiger partial charge in [0.15, 0.2) is 0 Å². The predicted molar refractivity (Wildman–Crippen MR) is 97.0 cm³/mol. The van der Waals surface area contributed by atoms with E-state index in [9.17, 15) is 18.0 Å². The van der Waals surface area contributed by atoms with Gasteiger partial charge in [-0.3, -0.25) is 19.2 Å². The molecule has 3 rings (SSSR count). The van der Waals surface area contributed by atoms with E-state index in [0.717, 1.165) is 4.90 Å². The van der Waals surface area contributed by atoms with Crippen molar-refractivity contribution in [1.82, 2.24) is 0 Å². The van der Waals surface area contributed by atoms with Crippen molar-refractivity contribution < 1.29 is 22.7 Å². The highest BCUT2D eigenvalue weighted by molar-refractivity contribution is 7.92. The Balaban J connectivity index is 2.01. The molecular weight excluding hydrogens is 380 g/mol. The maximum absolute atomic E-state index is 12.8. The lowest BCUT2D eigenvalue weighted by Gasteiger charge is -2.17. The van der Waals surface area contributed by atoms with Gasteiger partial charge in [-0.25, -0.2) is 8.42 Å². The molecule has 1 heterocycles. The standard InChI is InChI=1S/C17H15ClN2O5S/c1-25-14-7-6-13(20-16(21)8-9-17(20)22)10-15(14)26(23,24)19-12-4-2-11(18)3-5-12/h2-7,10,19H,8-9H2,1H3. The Morgan fingerprint density at radius 3 is 2.23 bits per heavy atom. The van der Waals surface area contributed by atoms with Crippen LogP contribution in [-0.2, 0) is 19.6 Å². The van der Waals surface area contributed by atoms with Gasteiger partial charge in [-0.15, -0.1) is 0 Å². The van der Waals surface area contributed by atoms with Crippen molar-refractivity contribution in [3.05, 3.63) is 47.5 Å². The second-order valence-electron chi connectivity index (χ2n) is 5.57. The zero-order valence-corrected chi connectivity index (χ0v) is 15.3. The summed E-state index contributed by atoms with van der Waals surface area (Å²) in [7, 11) is -2.69. The zero-order chi connectivity index (χ0) is 18.9. The second kappa shape index (κ2) is 6.97. The summed E-state index contributed by atoms with van der Waals surface area (Å²) in [4.78, 5) is 24.6. The fourth-order valence-corrected chi connectivity index (χ4v) is 3.98. The maximum atomic E-state index is 12.8. The van der Waals surface area contributed by atoms with E-state index in [2.05, 4.69) is 4.72 Å². The Morgan fingerprint density at radius 1 is 1.04 bits per heavy atom. The molecule has 0 radical (unpaired) electrons. The lowest BCUT2D eigenvalue weighted by atomic mass is 10.2. The maximum Gasteiger partial charge on any atom is 0.265 e. The lowest BCUT2D eigenvalue weighted by molar-refractivity contribution is -0.121. The average Bonchev–Trinajstić information content (AvgIpc) is 2.95. The number of halogens is 1. The number of amides is 2. The number of rotatable bonds is 5. The summed E-state index contributed by atoms with van der Waals surface area (Å²) in [5.41, 5.74) is 0.505. The van der Waals surface area contributed by atoms with Gasteiger partial charge >= 0.3 is 0 Å². The van der Waals surface area contributed by atoms with Crippen LogP contribution in [0.2, 0.25) is 5.02 Å². The first-order chi connectivity index (χ1) is 12.3. The van der Waals surface area contributed by atoms with Crippen molar-refractivity contribution in [2.45, 2.75) is 17.7 Å². The van der Waals surface area contributed by atoms with E-state index in [1.165, 1.54) is 37.4 Å².